The number of rotatable bonds is 6. The first kappa shape index (κ1) is 14.1. The van der Waals surface area contributed by atoms with Crippen molar-refractivity contribution in [2.75, 3.05) is 13.6 Å². The van der Waals surface area contributed by atoms with E-state index in [0.717, 1.165) is 31.2 Å². The number of H-pyrrole nitrogens is 1. The summed E-state index contributed by atoms with van der Waals surface area (Å²) < 4.78 is 5.24. The number of aromatic nitrogens is 3. The number of nitrogens with zero attached hydrogens (tertiary/aromatic N) is 3. The van der Waals surface area contributed by atoms with E-state index in [9.17, 15) is 0 Å². The monoisotopic (exact) mass is 276 g/mol. The third-order valence-corrected chi connectivity index (χ3v) is 2.74. The fourth-order valence-corrected chi connectivity index (χ4v) is 1.66. The van der Waals surface area contributed by atoms with Crippen LogP contribution in [0.4, 0.5) is 0 Å². The molecule has 0 saturated heterocycles. The molecule has 0 radical (unpaired) electrons. The van der Waals surface area contributed by atoms with E-state index in [1.807, 2.05) is 12.1 Å². The minimum absolute atomic E-state index is 0.527. The molecular weight excluding hydrogens is 256 g/mol. The van der Waals surface area contributed by atoms with E-state index in [4.69, 9.17) is 4.42 Å². The first-order chi connectivity index (χ1) is 9.83. The van der Waals surface area contributed by atoms with Gasteiger partial charge in [-0.3, -0.25) is 10.1 Å². The number of aliphatic imine (C=N–C) groups is 1. The summed E-state index contributed by atoms with van der Waals surface area (Å²) in [6.07, 6.45) is 3.87. The van der Waals surface area contributed by atoms with Crippen LogP contribution >= 0.6 is 0 Å². The Balaban J connectivity index is 1.84. The molecular formula is C13H20N6O. The molecule has 2 heterocycles. The van der Waals surface area contributed by atoms with E-state index in [1.165, 1.54) is 0 Å². The molecule has 0 amide bonds. The highest BCUT2D eigenvalue weighted by molar-refractivity contribution is 5.79. The average molecular weight is 276 g/mol. The Hall–Kier alpha value is -2.31. The molecule has 20 heavy (non-hydrogen) atoms. The Kier molecular flexibility index (Phi) is 5.16. The van der Waals surface area contributed by atoms with Gasteiger partial charge in [-0.2, -0.15) is 0 Å². The Bertz CT molecular complexity index is 531. The summed E-state index contributed by atoms with van der Waals surface area (Å²) in [7, 11) is 1.75. The van der Waals surface area contributed by atoms with E-state index < -0.39 is 0 Å². The number of furan rings is 1. The maximum Gasteiger partial charge on any atom is 0.216 e. The summed E-state index contributed by atoms with van der Waals surface area (Å²) in [5.74, 6) is 2.70. The van der Waals surface area contributed by atoms with Crippen LogP contribution < -0.4 is 10.6 Å². The average Bonchev–Trinajstić information content (AvgIpc) is 3.12. The zero-order chi connectivity index (χ0) is 14.2. The zero-order valence-electron chi connectivity index (χ0n) is 11.8. The standard InChI is InChI=1S/C13H20N6O/c1-3-4-7-15-13(14-2)16-9-11-17-12(19-18-11)10-6-5-8-20-10/h5-6,8H,3-4,7,9H2,1-2H3,(H2,14,15,16)(H,17,18,19). The van der Waals surface area contributed by atoms with Crippen molar-refractivity contribution in [2.45, 2.75) is 26.3 Å². The molecule has 0 aromatic carbocycles. The van der Waals surface area contributed by atoms with Gasteiger partial charge in [0, 0.05) is 13.6 Å². The lowest BCUT2D eigenvalue weighted by molar-refractivity contribution is 0.577. The summed E-state index contributed by atoms with van der Waals surface area (Å²) in [6.45, 7) is 3.59. The SMILES string of the molecule is CCCCNC(=NC)NCc1nc(-c2ccco2)n[nH]1. The van der Waals surface area contributed by atoms with E-state index in [-0.39, 0.29) is 0 Å². The molecule has 0 unspecified atom stereocenters. The molecule has 3 N–H and O–H groups in total. The van der Waals surface area contributed by atoms with Crippen LogP contribution in [0, 0.1) is 0 Å². The van der Waals surface area contributed by atoms with Gasteiger partial charge in [-0.25, -0.2) is 4.98 Å². The molecule has 0 fully saturated rings. The van der Waals surface area contributed by atoms with Crippen LogP contribution in [0.5, 0.6) is 0 Å². The summed E-state index contributed by atoms with van der Waals surface area (Å²) in [6, 6.07) is 3.63. The van der Waals surface area contributed by atoms with Crippen LogP contribution in [-0.4, -0.2) is 34.7 Å². The summed E-state index contributed by atoms with van der Waals surface area (Å²) >= 11 is 0. The predicted molar refractivity (Wildman–Crippen MR) is 77.2 cm³/mol. The number of hydrogen-bond donors (Lipinski definition) is 3. The topological polar surface area (TPSA) is 91.1 Å². The third-order valence-electron chi connectivity index (χ3n) is 2.74. The Morgan fingerprint density at radius 2 is 2.35 bits per heavy atom. The Morgan fingerprint density at radius 1 is 1.45 bits per heavy atom. The van der Waals surface area contributed by atoms with Crippen LogP contribution in [0.3, 0.4) is 0 Å². The van der Waals surface area contributed by atoms with Crippen LogP contribution in [0.15, 0.2) is 27.8 Å². The van der Waals surface area contributed by atoms with Crippen LogP contribution in [0.2, 0.25) is 0 Å². The van der Waals surface area contributed by atoms with Crippen molar-refractivity contribution in [1.82, 2.24) is 25.8 Å². The highest BCUT2D eigenvalue weighted by atomic mass is 16.3. The van der Waals surface area contributed by atoms with Gasteiger partial charge in [-0.15, -0.1) is 5.10 Å². The van der Waals surface area contributed by atoms with Crippen LogP contribution in [0.1, 0.15) is 25.6 Å². The summed E-state index contributed by atoms with van der Waals surface area (Å²) in [4.78, 5) is 8.50. The second kappa shape index (κ2) is 7.32. The Morgan fingerprint density at radius 3 is 3.05 bits per heavy atom. The predicted octanol–water partition coefficient (Wildman–Crippen LogP) is 1.53. The number of nitrogens with one attached hydrogen (secondary N) is 3. The summed E-state index contributed by atoms with van der Waals surface area (Å²) in [5.41, 5.74) is 0. The van der Waals surface area contributed by atoms with E-state index in [1.54, 1.807) is 13.3 Å². The molecule has 0 atom stereocenters. The lowest BCUT2D eigenvalue weighted by Crippen LogP contribution is -2.37. The Labute approximate surface area is 117 Å². The molecule has 2 aromatic heterocycles. The molecule has 0 saturated carbocycles. The van der Waals surface area contributed by atoms with Crippen molar-refractivity contribution in [3.63, 3.8) is 0 Å². The number of unbranched alkanes of at least 4 members (excludes halogenated alkanes) is 1. The highest BCUT2D eigenvalue weighted by Gasteiger charge is 2.08. The molecule has 7 nitrogen and oxygen atoms in total. The zero-order valence-corrected chi connectivity index (χ0v) is 11.8. The van der Waals surface area contributed by atoms with Gasteiger partial charge < -0.3 is 15.1 Å². The molecule has 2 aromatic rings. The normalized spacial score (nSPS) is 11.6. The number of aromatic amines is 1. The third kappa shape index (κ3) is 3.84. The quantitative estimate of drug-likeness (QED) is 0.423. The van der Waals surface area contributed by atoms with Crippen molar-refractivity contribution in [1.29, 1.82) is 0 Å². The minimum Gasteiger partial charge on any atom is -0.461 e. The molecule has 2 rings (SSSR count). The van der Waals surface area contributed by atoms with Crippen LogP contribution in [-0.2, 0) is 6.54 Å². The van der Waals surface area contributed by atoms with Crippen molar-refractivity contribution in [2.24, 2.45) is 4.99 Å². The van der Waals surface area contributed by atoms with Gasteiger partial charge in [0.05, 0.1) is 12.8 Å². The highest BCUT2D eigenvalue weighted by Crippen LogP contribution is 2.13. The molecule has 0 bridgehead atoms. The largest absolute Gasteiger partial charge is 0.461 e. The van der Waals surface area contributed by atoms with Crippen molar-refractivity contribution in [3.8, 4) is 11.6 Å². The van der Waals surface area contributed by atoms with Gasteiger partial charge in [0.1, 0.15) is 5.82 Å². The molecule has 0 aliphatic carbocycles. The molecule has 0 spiro atoms. The first-order valence-corrected chi connectivity index (χ1v) is 6.73. The van der Waals surface area contributed by atoms with Crippen molar-refractivity contribution >= 4 is 5.96 Å². The lowest BCUT2D eigenvalue weighted by Gasteiger charge is -2.09. The second-order valence-electron chi connectivity index (χ2n) is 4.29. The maximum absolute atomic E-state index is 5.24. The molecule has 0 aliphatic heterocycles. The fourth-order valence-electron chi connectivity index (χ4n) is 1.66. The van der Waals surface area contributed by atoms with Gasteiger partial charge in [-0.1, -0.05) is 13.3 Å². The van der Waals surface area contributed by atoms with Gasteiger partial charge in [0.25, 0.3) is 0 Å². The van der Waals surface area contributed by atoms with Crippen molar-refractivity contribution < 1.29 is 4.42 Å². The smallest absolute Gasteiger partial charge is 0.216 e. The maximum atomic E-state index is 5.24. The van der Waals surface area contributed by atoms with E-state index in [0.29, 0.717) is 18.1 Å². The first-order valence-electron chi connectivity index (χ1n) is 6.73. The second-order valence-corrected chi connectivity index (χ2v) is 4.29. The minimum atomic E-state index is 0.527. The number of guanidine groups is 1. The molecule has 108 valence electrons. The fraction of sp³-hybridized carbons (Fsp3) is 0.462. The number of hydrogen-bond acceptors (Lipinski definition) is 4. The molecule has 0 aliphatic rings. The lowest BCUT2D eigenvalue weighted by atomic mass is 10.3. The van der Waals surface area contributed by atoms with Gasteiger partial charge >= 0.3 is 0 Å². The van der Waals surface area contributed by atoms with Crippen molar-refractivity contribution in [3.05, 3.63) is 24.2 Å². The van der Waals surface area contributed by atoms with Gasteiger partial charge in [0.2, 0.25) is 5.82 Å². The van der Waals surface area contributed by atoms with Gasteiger partial charge in [-0.05, 0) is 18.6 Å². The van der Waals surface area contributed by atoms with Crippen LogP contribution in [0.25, 0.3) is 11.6 Å². The van der Waals surface area contributed by atoms with Gasteiger partial charge in [0.15, 0.2) is 11.7 Å². The van der Waals surface area contributed by atoms with E-state index in [2.05, 4.69) is 37.7 Å². The summed E-state index contributed by atoms with van der Waals surface area (Å²) in [5, 5.41) is 13.4. The molecule has 7 heteroatoms. The van der Waals surface area contributed by atoms with E-state index >= 15 is 0 Å².